The zero-order chi connectivity index (χ0) is 51.2. The number of nitrogens with zero attached hydrogens (tertiary/aromatic N) is 2. The summed E-state index contributed by atoms with van der Waals surface area (Å²) in [5, 5.41) is 16.4. The highest BCUT2D eigenvalue weighted by molar-refractivity contribution is 6.74. The minimum atomic E-state index is -2.10. The van der Waals surface area contributed by atoms with E-state index >= 15 is 0 Å². The molecule has 3 aromatic carbocycles. The number of urea groups is 1. The Bertz CT molecular complexity index is 2250. The van der Waals surface area contributed by atoms with Crippen molar-refractivity contribution in [1.29, 1.82) is 0 Å². The van der Waals surface area contributed by atoms with Crippen LogP contribution in [-0.4, -0.2) is 78.0 Å². The molecule has 3 atom stereocenters. The van der Waals surface area contributed by atoms with E-state index in [9.17, 15) is 19.2 Å². The summed E-state index contributed by atoms with van der Waals surface area (Å²) in [5.41, 5.74) is -2.29. The number of ether oxygens (including phenoxy) is 3. The van der Waals surface area contributed by atoms with Gasteiger partial charge in [0.1, 0.15) is 28.3 Å². The largest absolute Gasteiger partial charge is 0.458 e. The molecular formula is C53H76N6O9Si. The highest BCUT2D eigenvalue weighted by Crippen LogP contribution is 2.47. The molecule has 0 radical (unpaired) electrons. The van der Waals surface area contributed by atoms with Crippen LogP contribution in [-0.2, 0) is 39.3 Å². The number of benzene rings is 3. The molecule has 69 heavy (non-hydrogen) atoms. The van der Waals surface area contributed by atoms with Crippen molar-refractivity contribution < 1.29 is 42.3 Å². The van der Waals surface area contributed by atoms with Gasteiger partial charge in [0.15, 0.2) is 20.2 Å². The van der Waals surface area contributed by atoms with Gasteiger partial charge in [-0.05, 0) is 123 Å². The van der Waals surface area contributed by atoms with Crippen molar-refractivity contribution in [2.45, 2.75) is 173 Å². The monoisotopic (exact) mass is 969 g/mol. The van der Waals surface area contributed by atoms with E-state index in [1.165, 1.54) is 0 Å². The molecule has 376 valence electrons. The first-order valence-corrected chi connectivity index (χ1v) is 26.8. The summed E-state index contributed by atoms with van der Waals surface area (Å²) in [6.07, 6.45) is -1.07. The number of esters is 1. The average molecular weight is 969 g/mol. The molecule has 4 N–H and O–H groups in total. The maximum Gasteiger partial charge on any atom is 0.408 e. The second kappa shape index (κ2) is 21.2. The zero-order valence-corrected chi connectivity index (χ0v) is 44.4. The fourth-order valence-corrected chi connectivity index (χ4v) is 9.21. The van der Waals surface area contributed by atoms with Crippen LogP contribution in [0.4, 0.5) is 9.59 Å². The molecule has 0 aliphatic heterocycles. The summed E-state index contributed by atoms with van der Waals surface area (Å²) >= 11 is 0. The number of hydrogen-bond acceptors (Lipinski definition) is 11. The van der Waals surface area contributed by atoms with Crippen molar-refractivity contribution >= 4 is 32.3 Å². The smallest absolute Gasteiger partial charge is 0.408 e. The van der Waals surface area contributed by atoms with Gasteiger partial charge >= 0.3 is 18.1 Å². The summed E-state index contributed by atoms with van der Waals surface area (Å²) in [6.45, 7) is 29.1. The summed E-state index contributed by atoms with van der Waals surface area (Å²) < 4.78 is 30.2. The standard InChI is InChI=1S/C53H76N6O9Si/c1-35(65-48(2,3)4)42(44(61)66-49(5,6)7)55-46(62)54-40(31-41(60)57-53(37-25-19-16-20-26-37,38-27-21-17-22-28-38)39-29-23-18-24-30-39)43-56-45(59-68-43)52(58-47(63)67-50(8,9)10)32-36(33-52)34-64-69(14,15)51(11,12)13/h16-30,35-36,40,42H,31-34H2,1-15H3,(H,57,60)(H,58,63)(H2,54,55,62). The Hall–Kier alpha value is -5.58. The molecule has 16 heteroatoms. The van der Waals surface area contributed by atoms with Gasteiger partial charge in [0.2, 0.25) is 11.8 Å². The van der Waals surface area contributed by atoms with Gasteiger partial charge in [-0.15, -0.1) is 0 Å². The number of carbonyl (C=O) groups is 4. The Balaban J connectivity index is 1.56. The van der Waals surface area contributed by atoms with Crippen molar-refractivity contribution in [2.24, 2.45) is 5.92 Å². The van der Waals surface area contributed by atoms with Crippen molar-refractivity contribution in [1.82, 2.24) is 31.4 Å². The Morgan fingerprint density at radius 2 is 1.22 bits per heavy atom. The molecule has 0 spiro atoms. The molecule has 4 aromatic rings. The highest BCUT2D eigenvalue weighted by Gasteiger charge is 2.52. The lowest BCUT2D eigenvalue weighted by Gasteiger charge is -2.47. The molecule has 1 fully saturated rings. The van der Waals surface area contributed by atoms with Crippen LogP contribution in [0.5, 0.6) is 0 Å². The molecule has 1 aliphatic rings. The van der Waals surface area contributed by atoms with Gasteiger partial charge in [-0.3, -0.25) is 4.79 Å². The van der Waals surface area contributed by atoms with E-state index in [0.717, 1.165) is 16.7 Å². The third kappa shape index (κ3) is 14.5. The molecule has 1 aliphatic carbocycles. The van der Waals surface area contributed by atoms with Crippen molar-refractivity contribution in [3.63, 3.8) is 0 Å². The molecular weight excluding hydrogens is 893 g/mol. The van der Waals surface area contributed by atoms with Crippen LogP contribution in [0.1, 0.15) is 144 Å². The topological polar surface area (TPSA) is 192 Å². The predicted molar refractivity (Wildman–Crippen MR) is 268 cm³/mol. The Labute approximate surface area is 410 Å². The SMILES string of the molecule is CC(OC(C)(C)C)C(NC(=O)NC(CC(=O)NC(c1ccccc1)(c1ccccc1)c1ccccc1)c1nc(C2(NC(=O)OC(C)(C)C)CC(CO[Si](C)(C)C(C)(C)C)C2)no1)C(=O)OC(C)(C)C. The maximum atomic E-state index is 15.0. The first-order chi connectivity index (χ1) is 31.9. The minimum Gasteiger partial charge on any atom is -0.458 e. The second-order valence-electron chi connectivity index (χ2n) is 22.7. The molecule has 0 bridgehead atoms. The minimum absolute atomic E-state index is 0.000704. The Morgan fingerprint density at radius 3 is 1.67 bits per heavy atom. The molecule has 1 saturated carbocycles. The van der Waals surface area contributed by atoms with Crippen LogP contribution >= 0.6 is 0 Å². The van der Waals surface area contributed by atoms with E-state index in [2.05, 4.69) is 60.3 Å². The van der Waals surface area contributed by atoms with Crippen molar-refractivity contribution in [3.8, 4) is 0 Å². The summed E-state index contributed by atoms with van der Waals surface area (Å²) in [6, 6.07) is 25.5. The average Bonchev–Trinajstić information content (AvgIpc) is 3.72. The normalized spacial score (nSPS) is 18.2. The van der Waals surface area contributed by atoms with Crippen LogP contribution in [0.15, 0.2) is 95.5 Å². The highest BCUT2D eigenvalue weighted by atomic mass is 28.4. The van der Waals surface area contributed by atoms with E-state index in [-0.39, 0.29) is 22.7 Å². The third-order valence-electron chi connectivity index (χ3n) is 12.3. The van der Waals surface area contributed by atoms with Gasteiger partial charge in [-0.1, -0.05) is 117 Å². The molecule has 3 unspecified atom stereocenters. The van der Waals surface area contributed by atoms with E-state index in [1.54, 1.807) is 48.5 Å². The molecule has 15 nitrogen and oxygen atoms in total. The third-order valence-corrected chi connectivity index (χ3v) is 16.8. The quantitative estimate of drug-likeness (QED) is 0.0447. The number of rotatable bonds is 17. The Morgan fingerprint density at radius 1 is 0.725 bits per heavy atom. The van der Waals surface area contributed by atoms with Crippen LogP contribution in [0.3, 0.4) is 0 Å². The Kier molecular flexibility index (Phi) is 16.7. The van der Waals surface area contributed by atoms with E-state index in [0.29, 0.717) is 19.4 Å². The molecule has 1 heterocycles. The zero-order valence-electron chi connectivity index (χ0n) is 43.4. The van der Waals surface area contributed by atoms with E-state index in [1.807, 2.05) is 112 Å². The van der Waals surface area contributed by atoms with Crippen LogP contribution < -0.4 is 21.3 Å². The predicted octanol–water partition coefficient (Wildman–Crippen LogP) is 9.97. The molecule has 0 saturated heterocycles. The summed E-state index contributed by atoms with van der Waals surface area (Å²) in [7, 11) is -2.10. The van der Waals surface area contributed by atoms with Gasteiger partial charge in [0.05, 0.1) is 18.1 Å². The number of amides is 4. The molecule has 1 aromatic heterocycles. The fourth-order valence-electron chi connectivity index (χ4n) is 8.12. The lowest BCUT2D eigenvalue weighted by molar-refractivity contribution is -0.164. The number of aromatic nitrogens is 2. The fraction of sp³-hybridized carbons (Fsp3) is 0.547. The van der Waals surface area contributed by atoms with Crippen LogP contribution in [0.25, 0.3) is 0 Å². The van der Waals surface area contributed by atoms with Gasteiger partial charge in [-0.2, -0.15) is 4.98 Å². The van der Waals surface area contributed by atoms with Gasteiger partial charge in [0.25, 0.3) is 0 Å². The van der Waals surface area contributed by atoms with Gasteiger partial charge < -0.3 is 44.4 Å². The summed E-state index contributed by atoms with van der Waals surface area (Å²) in [5.74, 6) is -1.12. The van der Waals surface area contributed by atoms with Crippen LogP contribution in [0, 0.1) is 5.92 Å². The van der Waals surface area contributed by atoms with E-state index in [4.69, 9.17) is 28.1 Å². The number of nitrogens with one attached hydrogen (secondary N) is 4. The molecule has 4 amide bonds. The van der Waals surface area contributed by atoms with Gasteiger partial charge in [-0.25, -0.2) is 14.4 Å². The maximum absolute atomic E-state index is 15.0. The number of alkyl carbamates (subject to hydrolysis) is 1. The number of carbonyl (C=O) groups excluding carboxylic acids is 4. The van der Waals surface area contributed by atoms with Crippen molar-refractivity contribution in [3.05, 3.63) is 119 Å². The first-order valence-electron chi connectivity index (χ1n) is 23.9. The van der Waals surface area contributed by atoms with Crippen LogP contribution in [0.2, 0.25) is 18.1 Å². The lowest BCUT2D eigenvalue weighted by Crippen LogP contribution is -2.57. The number of hydrogen-bond donors (Lipinski definition) is 4. The lowest BCUT2D eigenvalue weighted by atomic mass is 9.68. The van der Waals surface area contributed by atoms with Crippen molar-refractivity contribution in [2.75, 3.05) is 6.61 Å². The second-order valence-corrected chi connectivity index (χ2v) is 27.5. The first kappa shape index (κ1) is 54.4. The van der Waals surface area contributed by atoms with Gasteiger partial charge in [0, 0.05) is 6.61 Å². The van der Waals surface area contributed by atoms with E-state index < -0.39 is 84.8 Å². The summed E-state index contributed by atoms with van der Waals surface area (Å²) in [4.78, 5) is 61.3. The molecule has 5 rings (SSSR count).